The van der Waals surface area contributed by atoms with Gasteiger partial charge in [0, 0.05) is 12.0 Å². The predicted octanol–water partition coefficient (Wildman–Crippen LogP) is 3.21. The van der Waals surface area contributed by atoms with Crippen LogP contribution in [0.5, 0.6) is 5.75 Å². The second-order valence-corrected chi connectivity index (χ2v) is 6.22. The molecule has 0 aromatic heterocycles. The number of rotatable bonds is 3. The van der Waals surface area contributed by atoms with E-state index in [4.69, 9.17) is 9.47 Å². The zero-order chi connectivity index (χ0) is 16.3. The fourth-order valence-electron chi connectivity index (χ4n) is 2.13. The quantitative estimate of drug-likeness (QED) is 0.685. The van der Waals surface area contributed by atoms with Crippen molar-refractivity contribution in [2.45, 2.75) is 44.8 Å². The van der Waals surface area contributed by atoms with E-state index >= 15 is 0 Å². The summed E-state index contributed by atoms with van der Waals surface area (Å²) < 4.78 is 14.7. The van der Waals surface area contributed by atoms with Crippen molar-refractivity contribution < 1.29 is 23.8 Å². The van der Waals surface area contributed by atoms with Crippen molar-refractivity contribution in [1.82, 2.24) is 5.32 Å². The molecule has 1 amide bonds. The number of methoxy groups -OCH3 is 1. The fraction of sp³-hybridized carbons (Fsp3) is 0.500. The Morgan fingerprint density at radius 2 is 2.00 bits per heavy atom. The molecule has 0 aliphatic heterocycles. The number of hydrogen-bond donors (Lipinski definition) is 1. The first kappa shape index (κ1) is 16.1. The number of carbonyl (C=O) groups excluding carboxylic acids is 2. The SMILES string of the molecule is COC(=O)Oc1cccc(C2CC2NC(=O)OC(C)(C)C)c1. The maximum absolute atomic E-state index is 11.7. The Kier molecular flexibility index (Phi) is 4.59. The normalized spacial score (nSPS) is 20.0. The van der Waals surface area contributed by atoms with Gasteiger partial charge in [-0.1, -0.05) is 12.1 Å². The molecule has 6 heteroatoms. The highest BCUT2D eigenvalue weighted by Crippen LogP contribution is 2.41. The van der Waals surface area contributed by atoms with Crippen LogP contribution in [0.15, 0.2) is 24.3 Å². The van der Waals surface area contributed by atoms with Gasteiger partial charge in [-0.05, 0) is 44.9 Å². The highest BCUT2D eigenvalue weighted by atomic mass is 16.7. The average molecular weight is 307 g/mol. The van der Waals surface area contributed by atoms with E-state index in [1.165, 1.54) is 7.11 Å². The van der Waals surface area contributed by atoms with Gasteiger partial charge in [0.05, 0.1) is 7.11 Å². The van der Waals surface area contributed by atoms with Crippen molar-refractivity contribution in [3.63, 3.8) is 0 Å². The molecular formula is C16H21NO5. The lowest BCUT2D eigenvalue weighted by molar-refractivity contribution is 0.0522. The Bertz CT molecular complexity index is 564. The molecule has 1 saturated carbocycles. The number of alkyl carbamates (subject to hydrolysis) is 1. The van der Waals surface area contributed by atoms with Gasteiger partial charge in [-0.2, -0.15) is 0 Å². The molecule has 1 N–H and O–H groups in total. The summed E-state index contributed by atoms with van der Waals surface area (Å²) in [6.45, 7) is 5.47. The molecule has 0 saturated heterocycles. The van der Waals surface area contributed by atoms with Crippen molar-refractivity contribution in [2.24, 2.45) is 0 Å². The molecule has 1 aliphatic carbocycles. The van der Waals surface area contributed by atoms with E-state index in [1.807, 2.05) is 26.8 Å². The van der Waals surface area contributed by atoms with Crippen molar-refractivity contribution in [3.8, 4) is 5.75 Å². The van der Waals surface area contributed by atoms with Gasteiger partial charge in [0.1, 0.15) is 11.4 Å². The minimum Gasteiger partial charge on any atom is -0.444 e. The standard InChI is InChI=1S/C16H21NO5/c1-16(2,3)22-14(18)17-13-9-12(13)10-6-5-7-11(8-10)21-15(19)20-4/h5-8,12-13H,9H2,1-4H3,(H,17,18). The van der Waals surface area contributed by atoms with Crippen LogP contribution in [0.25, 0.3) is 0 Å². The van der Waals surface area contributed by atoms with E-state index in [9.17, 15) is 9.59 Å². The smallest absolute Gasteiger partial charge is 0.444 e. The van der Waals surface area contributed by atoms with E-state index in [1.54, 1.807) is 18.2 Å². The van der Waals surface area contributed by atoms with E-state index in [0.29, 0.717) is 5.75 Å². The second kappa shape index (κ2) is 6.25. The summed E-state index contributed by atoms with van der Waals surface area (Å²) in [6, 6.07) is 7.24. The van der Waals surface area contributed by atoms with Crippen LogP contribution in [0.1, 0.15) is 38.7 Å². The molecule has 1 aromatic rings. The maximum atomic E-state index is 11.7. The third-order valence-electron chi connectivity index (χ3n) is 3.15. The Morgan fingerprint density at radius 3 is 2.64 bits per heavy atom. The van der Waals surface area contributed by atoms with Crippen LogP contribution < -0.4 is 10.1 Å². The van der Waals surface area contributed by atoms with Gasteiger partial charge in [-0.15, -0.1) is 0 Å². The topological polar surface area (TPSA) is 73.9 Å². The Balaban J connectivity index is 1.91. The Labute approximate surface area is 129 Å². The van der Waals surface area contributed by atoms with Gasteiger partial charge >= 0.3 is 12.2 Å². The van der Waals surface area contributed by atoms with Crippen molar-refractivity contribution in [2.75, 3.05) is 7.11 Å². The zero-order valence-corrected chi connectivity index (χ0v) is 13.2. The summed E-state index contributed by atoms with van der Waals surface area (Å²) >= 11 is 0. The van der Waals surface area contributed by atoms with Crippen LogP contribution >= 0.6 is 0 Å². The molecule has 0 bridgehead atoms. The molecule has 120 valence electrons. The number of benzene rings is 1. The molecule has 1 fully saturated rings. The van der Waals surface area contributed by atoms with Gasteiger partial charge in [0.2, 0.25) is 0 Å². The van der Waals surface area contributed by atoms with E-state index < -0.39 is 17.8 Å². The van der Waals surface area contributed by atoms with Crippen molar-refractivity contribution >= 4 is 12.2 Å². The van der Waals surface area contributed by atoms with Gasteiger partial charge in [0.25, 0.3) is 0 Å². The van der Waals surface area contributed by atoms with E-state index in [-0.39, 0.29) is 12.0 Å². The lowest BCUT2D eigenvalue weighted by atomic mass is 10.1. The third-order valence-corrected chi connectivity index (χ3v) is 3.15. The molecule has 22 heavy (non-hydrogen) atoms. The summed E-state index contributed by atoms with van der Waals surface area (Å²) in [5, 5.41) is 2.84. The minimum absolute atomic E-state index is 0.0447. The summed E-state index contributed by atoms with van der Waals surface area (Å²) in [4.78, 5) is 22.8. The van der Waals surface area contributed by atoms with E-state index in [2.05, 4.69) is 10.1 Å². The monoisotopic (exact) mass is 307 g/mol. The van der Waals surface area contributed by atoms with Crippen LogP contribution in [0.3, 0.4) is 0 Å². The number of carbonyl (C=O) groups is 2. The van der Waals surface area contributed by atoms with Crippen LogP contribution in [0.4, 0.5) is 9.59 Å². The maximum Gasteiger partial charge on any atom is 0.513 e. The molecule has 2 atom stereocenters. The molecule has 2 rings (SSSR count). The van der Waals surface area contributed by atoms with Crippen LogP contribution in [-0.4, -0.2) is 31.0 Å². The fourth-order valence-corrected chi connectivity index (χ4v) is 2.13. The Morgan fingerprint density at radius 1 is 1.27 bits per heavy atom. The van der Waals surface area contributed by atoms with Gasteiger partial charge in [0.15, 0.2) is 0 Å². The van der Waals surface area contributed by atoms with Crippen LogP contribution in [0.2, 0.25) is 0 Å². The second-order valence-electron chi connectivity index (χ2n) is 6.22. The van der Waals surface area contributed by atoms with E-state index in [0.717, 1.165) is 12.0 Å². The number of amides is 1. The first-order chi connectivity index (χ1) is 10.3. The molecule has 0 radical (unpaired) electrons. The number of nitrogens with one attached hydrogen (secondary N) is 1. The summed E-state index contributed by atoms with van der Waals surface area (Å²) in [5.74, 6) is 0.626. The molecule has 1 aromatic carbocycles. The first-order valence-electron chi connectivity index (χ1n) is 7.14. The largest absolute Gasteiger partial charge is 0.513 e. The zero-order valence-electron chi connectivity index (χ0n) is 13.2. The Hall–Kier alpha value is -2.24. The lowest BCUT2D eigenvalue weighted by Gasteiger charge is -2.19. The highest BCUT2D eigenvalue weighted by Gasteiger charge is 2.40. The molecule has 6 nitrogen and oxygen atoms in total. The molecular weight excluding hydrogens is 286 g/mol. The molecule has 0 heterocycles. The molecule has 0 spiro atoms. The van der Waals surface area contributed by atoms with Crippen LogP contribution in [0, 0.1) is 0 Å². The van der Waals surface area contributed by atoms with Gasteiger partial charge in [-0.3, -0.25) is 0 Å². The summed E-state index contributed by atoms with van der Waals surface area (Å²) in [5.41, 5.74) is 0.491. The molecule has 1 aliphatic rings. The first-order valence-corrected chi connectivity index (χ1v) is 7.14. The van der Waals surface area contributed by atoms with Crippen molar-refractivity contribution in [3.05, 3.63) is 29.8 Å². The van der Waals surface area contributed by atoms with Crippen molar-refractivity contribution in [1.29, 1.82) is 0 Å². The summed E-state index contributed by atoms with van der Waals surface area (Å²) in [6.07, 6.45) is -0.334. The number of ether oxygens (including phenoxy) is 3. The number of hydrogen-bond acceptors (Lipinski definition) is 5. The summed E-state index contributed by atoms with van der Waals surface area (Å²) in [7, 11) is 1.26. The molecule has 2 unspecified atom stereocenters. The van der Waals surface area contributed by atoms with Gasteiger partial charge in [-0.25, -0.2) is 9.59 Å². The third kappa shape index (κ3) is 4.65. The van der Waals surface area contributed by atoms with Crippen LogP contribution in [-0.2, 0) is 9.47 Å². The highest BCUT2D eigenvalue weighted by molar-refractivity contribution is 5.69. The lowest BCUT2D eigenvalue weighted by Crippen LogP contribution is -2.34. The predicted molar refractivity (Wildman–Crippen MR) is 80.0 cm³/mol. The van der Waals surface area contributed by atoms with Gasteiger partial charge < -0.3 is 19.5 Å². The minimum atomic E-state index is -0.753. The average Bonchev–Trinajstić information content (AvgIpc) is 3.15.